The van der Waals surface area contributed by atoms with E-state index in [1.807, 2.05) is 6.20 Å². The Balaban J connectivity index is 1.36. The fourth-order valence-electron chi connectivity index (χ4n) is 4.13. The van der Waals surface area contributed by atoms with E-state index in [-0.39, 0.29) is 0 Å². The standard InChI is InChI=1S/C21H20N6/c22-12-16-10-15-2-1-3-20(15)25-21(16)27-8-6-26(7-9-27)18-4-5-19-17(11-18)13-23-14-24-19/h4-5,10-11,13-14H,1-3,6-9H2. The van der Waals surface area contributed by atoms with Crippen molar-refractivity contribution in [1.29, 1.82) is 5.26 Å². The van der Waals surface area contributed by atoms with E-state index in [2.05, 4.69) is 50.1 Å². The maximum absolute atomic E-state index is 9.57. The fourth-order valence-corrected chi connectivity index (χ4v) is 4.13. The van der Waals surface area contributed by atoms with Gasteiger partial charge in [-0.05, 0) is 49.1 Å². The number of aromatic nitrogens is 3. The summed E-state index contributed by atoms with van der Waals surface area (Å²) in [6, 6.07) is 10.7. The van der Waals surface area contributed by atoms with Gasteiger partial charge in [0.1, 0.15) is 18.2 Å². The van der Waals surface area contributed by atoms with Crippen LogP contribution in [-0.2, 0) is 12.8 Å². The highest BCUT2D eigenvalue weighted by atomic mass is 15.3. The van der Waals surface area contributed by atoms with Crippen LogP contribution < -0.4 is 9.80 Å². The smallest absolute Gasteiger partial charge is 0.146 e. The summed E-state index contributed by atoms with van der Waals surface area (Å²) in [4.78, 5) is 17.9. The quantitative estimate of drug-likeness (QED) is 0.703. The molecule has 5 rings (SSSR count). The Bertz CT molecular complexity index is 1050. The van der Waals surface area contributed by atoms with Crippen LogP contribution in [0.15, 0.2) is 36.8 Å². The molecule has 0 bridgehead atoms. The first-order valence-electron chi connectivity index (χ1n) is 9.44. The Morgan fingerprint density at radius 3 is 2.70 bits per heavy atom. The van der Waals surface area contributed by atoms with Crippen molar-refractivity contribution in [3.05, 3.63) is 53.6 Å². The van der Waals surface area contributed by atoms with Gasteiger partial charge in [-0.15, -0.1) is 0 Å². The van der Waals surface area contributed by atoms with Gasteiger partial charge in [-0.3, -0.25) is 0 Å². The predicted molar refractivity (Wildman–Crippen MR) is 105 cm³/mol. The zero-order chi connectivity index (χ0) is 18.2. The van der Waals surface area contributed by atoms with E-state index in [1.54, 1.807) is 6.33 Å². The lowest BCUT2D eigenvalue weighted by Gasteiger charge is -2.37. The maximum Gasteiger partial charge on any atom is 0.146 e. The summed E-state index contributed by atoms with van der Waals surface area (Å²) in [7, 11) is 0. The van der Waals surface area contributed by atoms with Crippen molar-refractivity contribution in [3.8, 4) is 6.07 Å². The highest BCUT2D eigenvalue weighted by molar-refractivity contribution is 5.81. The predicted octanol–water partition coefficient (Wildman–Crippen LogP) is 2.71. The zero-order valence-corrected chi connectivity index (χ0v) is 15.1. The minimum Gasteiger partial charge on any atom is -0.368 e. The summed E-state index contributed by atoms with van der Waals surface area (Å²) >= 11 is 0. The van der Waals surface area contributed by atoms with Crippen molar-refractivity contribution in [2.24, 2.45) is 0 Å². The van der Waals surface area contributed by atoms with Gasteiger partial charge in [-0.2, -0.15) is 5.26 Å². The molecule has 6 nitrogen and oxygen atoms in total. The topological polar surface area (TPSA) is 68.9 Å². The molecule has 0 unspecified atom stereocenters. The minimum atomic E-state index is 0.715. The molecule has 1 aliphatic heterocycles. The van der Waals surface area contributed by atoms with Crippen molar-refractivity contribution in [1.82, 2.24) is 15.0 Å². The molecule has 1 saturated heterocycles. The third-order valence-electron chi connectivity index (χ3n) is 5.58. The highest BCUT2D eigenvalue weighted by Gasteiger charge is 2.23. The number of pyridine rings is 1. The largest absolute Gasteiger partial charge is 0.368 e. The third kappa shape index (κ3) is 2.85. The molecule has 3 heterocycles. The SMILES string of the molecule is N#Cc1cc2c(nc1N1CCN(c3ccc4ncncc4c3)CC1)CCC2. The fraction of sp³-hybridized carbons (Fsp3) is 0.333. The van der Waals surface area contributed by atoms with E-state index in [9.17, 15) is 5.26 Å². The van der Waals surface area contributed by atoms with E-state index in [0.29, 0.717) is 5.56 Å². The lowest BCUT2D eigenvalue weighted by molar-refractivity contribution is 0.646. The van der Waals surface area contributed by atoms with Gasteiger partial charge in [0.25, 0.3) is 0 Å². The number of nitriles is 1. The van der Waals surface area contributed by atoms with Crippen LogP contribution in [-0.4, -0.2) is 41.1 Å². The maximum atomic E-state index is 9.57. The second-order valence-corrected chi connectivity index (χ2v) is 7.17. The average molecular weight is 356 g/mol. The zero-order valence-electron chi connectivity index (χ0n) is 15.1. The summed E-state index contributed by atoms with van der Waals surface area (Å²) in [5, 5.41) is 10.6. The van der Waals surface area contributed by atoms with Crippen molar-refractivity contribution in [2.75, 3.05) is 36.0 Å². The van der Waals surface area contributed by atoms with Crippen LogP contribution >= 0.6 is 0 Å². The summed E-state index contributed by atoms with van der Waals surface area (Å²) < 4.78 is 0. The number of hydrogen-bond donors (Lipinski definition) is 0. The molecule has 0 radical (unpaired) electrons. The van der Waals surface area contributed by atoms with Gasteiger partial charge in [-0.1, -0.05) is 0 Å². The molecule has 3 aromatic rings. The Labute approximate surface area is 158 Å². The van der Waals surface area contributed by atoms with Crippen molar-refractivity contribution < 1.29 is 0 Å². The normalized spacial score (nSPS) is 16.4. The molecular formula is C21H20N6. The first-order chi connectivity index (χ1) is 13.3. The molecule has 0 atom stereocenters. The number of piperazine rings is 1. The Morgan fingerprint density at radius 1 is 1.00 bits per heavy atom. The number of aryl methyl sites for hydroxylation is 2. The number of nitrogens with zero attached hydrogens (tertiary/aromatic N) is 6. The molecule has 0 saturated carbocycles. The van der Waals surface area contributed by atoms with Crippen molar-refractivity contribution in [3.63, 3.8) is 0 Å². The van der Waals surface area contributed by atoms with Gasteiger partial charge in [0.2, 0.25) is 0 Å². The molecule has 6 heteroatoms. The summed E-state index contributed by atoms with van der Waals surface area (Å²) in [6.45, 7) is 3.54. The monoisotopic (exact) mass is 356 g/mol. The molecular weight excluding hydrogens is 336 g/mol. The molecule has 1 aliphatic carbocycles. The Hall–Kier alpha value is -3.20. The third-order valence-corrected chi connectivity index (χ3v) is 5.58. The number of hydrogen-bond acceptors (Lipinski definition) is 6. The lowest BCUT2D eigenvalue weighted by Crippen LogP contribution is -2.47. The highest BCUT2D eigenvalue weighted by Crippen LogP contribution is 2.28. The van der Waals surface area contributed by atoms with Crippen LogP contribution in [0, 0.1) is 11.3 Å². The molecule has 0 spiro atoms. The van der Waals surface area contributed by atoms with Gasteiger partial charge < -0.3 is 9.80 Å². The van der Waals surface area contributed by atoms with Crippen molar-refractivity contribution >= 4 is 22.4 Å². The number of anilines is 2. The number of fused-ring (bicyclic) bond motifs is 2. The van der Waals surface area contributed by atoms with E-state index in [1.165, 1.54) is 16.9 Å². The number of rotatable bonds is 2. The summed E-state index contributed by atoms with van der Waals surface area (Å²) in [6.07, 6.45) is 6.67. The van der Waals surface area contributed by atoms with Gasteiger partial charge >= 0.3 is 0 Å². The molecule has 27 heavy (non-hydrogen) atoms. The van der Waals surface area contributed by atoms with Crippen LogP contribution in [0.3, 0.4) is 0 Å². The van der Waals surface area contributed by atoms with E-state index < -0.39 is 0 Å². The van der Waals surface area contributed by atoms with Gasteiger partial charge in [-0.25, -0.2) is 15.0 Å². The van der Waals surface area contributed by atoms with Crippen LogP contribution in [0.2, 0.25) is 0 Å². The van der Waals surface area contributed by atoms with Gasteiger partial charge in [0, 0.05) is 49.1 Å². The van der Waals surface area contributed by atoms with Gasteiger partial charge in [0.05, 0.1) is 11.1 Å². The average Bonchev–Trinajstić information content (AvgIpc) is 3.20. The Morgan fingerprint density at radius 2 is 1.85 bits per heavy atom. The minimum absolute atomic E-state index is 0.715. The van der Waals surface area contributed by atoms with E-state index in [0.717, 1.165) is 62.2 Å². The first kappa shape index (κ1) is 16.0. The molecule has 0 N–H and O–H groups in total. The molecule has 2 aromatic heterocycles. The van der Waals surface area contributed by atoms with E-state index in [4.69, 9.17) is 4.98 Å². The summed E-state index contributed by atoms with van der Waals surface area (Å²) in [5.74, 6) is 0.865. The second-order valence-electron chi connectivity index (χ2n) is 7.17. The Kier molecular flexibility index (Phi) is 3.86. The molecule has 0 amide bonds. The molecule has 1 aromatic carbocycles. The van der Waals surface area contributed by atoms with Crippen molar-refractivity contribution in [2.45, 2.75) is 19.3 Å². The van der Waals surface area contributed by atoms with Crippen LogP contribution in [0.4, 0.5) is 11.5 Å². The molecule has 1 fully saturated rings. The second kappa shape index (κ2) is 6.51. The lowest BCUT2D eigenvalue weighted by atomic mass is 10.1. The molecule has 2 aliphatic rings. The molecule has 134 valence electrons. The van der Waals surface area contributed by atoms with Gasteiger partial charge in [0.15, 0.2) is 0 Å². The first-order valence-corrected chi connectivity index (χ1v) is 9.44. The van der Waals surface area contributed by atoms with Crippen LogP contribution in [0.25, 0.3) is 10.9 Å². The number of benzene rings is 1. The summed E-state index contributed by atoms with van der Waals surface area (Å²) in [5.41, 5.74) is 5.31. The van der Waals surface area contributed by atoms with E-state index >= 15 is 0 Å². The van der Waals surface area contributed by atoms with Crippen LogP contribution in [0.1, 0.15) is 23.2 Å². The van der Waals surface area contributed by atoms with Crippen LogP contribution in [0.5, 0.6) is 0 Å².